The third-order valence-corrected chi connectivity index (χ3v) is 1.87. The topological polar surface area (TPSA) is 53.2 Å². The zero-order valence-corrected chi connectivity index (χ0v) is 8.40. The fraction of sp³-hybridized carbons (Fsp3) is 0.364. The van der Waals surface area contributed by atoms with Crippen LogP contribution in [0.2, 0.25) is 0 Å². The average Bonchev–Trinajstić information content (AvgIpc) is 2.17. The molecule has 0 spiro atoms. The number of hydrogen-bond acceptors (Lipinski definition) is 3. The molecule has 0 aliphatic heterocycles. The molecule has 0 heterocycles. The minimum atomic E-state index is -0.591. The van der Waals surface area contributed by atoms with Gasteiger partial charge in [-0.25, -0.2) is 4.39 Å². The highest BCUT2D eigenvalue weighted by molar-refractivity contribution is 5.36. The summed E-state index contributed by atoms with van der Waals surface area (Å²) in [7, 11) is 0. The van der Waals surface area contributed by atoms with E-state index in [1.54, 1.807) is 13.0 Å². The number of benzene rings is 1. The quantitative estimate of drug-likeness (QED) is 0.823. The monoisotopic (exact) mass is 209 g/mol. The lowest BCUT2D eigenvalue weighted by Gasteiger charge is -2.07. The Balaban J connectivity index is 2.57. The van der Waals surface area contributed by atoms with Gasteiger partial charge in [-0.3, -0.25) is 0 Å². The summed E-state index contributed by atoms with van der Waals surface area (Å²) in [6, 6.07) is 5.79. The van der Waals surface area contributed by atoms with Crippen LogP contribution in [0.25, 0.3) is 0 Å². The standard InChI is InChI=1S/C11H12FNO2/c1-8(14)4-5-15-10-3-2-9(7-13)11(12)6-10/h2-3,6,8,14H,4-5H2,1H3. The van der Waals surface area contributed by atoms with Crippen molar-refractivity contribution in [1.82, 2.24) is 0 Å². The van der Waals surface area contributed by atoms with Gasteiger partial charge in [0, 0.05) is 12.5 Å². The van der Waals surface area contributed by atoms with Crippen LogP contribution in [-0.2, 0) is 0 Å². The second-order valence-electron chi connectivity index (χ2n) is 3.24. The van der Waals surface area contributed by atoms with Gasteiger partial charge in [-0.05, 0) is 19.1 Å². The van der Waals surface area contributed by atoms with Gasteiger partial charge in [0.1, 0.15) is 17.6 Å². The van der Waals surface area contributed by atoms with Crippen molar-refractivity contribution in [3.05, 3.63) is 29.6 Å². The Morgan fingerprint density at radius 1 is 1.60 bits per heavy atom. The van der Waals surface area contributed by atoms with Crippen LogP contribution in [-0.4, -0.2) is 17.8 Å². The second-order valence-corrected chi connectivity index (χ2v) is 3.24. The van der Waals surface area contributed by atoms with Gasteiger partial charge in [0.05, 0.1) is 18.3 Å². The molecule has 0 amide bonds. The minimum absolute atomic E-state index is 0.00197. The molecule has 0 aliphatic rings. The Morgan fingerprint density at radius 3 is 2.87 bits per heavy atom. The highest BCUT2D eigenvalue weighted by Gasteiger charge is 2.03. The predicted octanol–water partition coefficient (Wildman–Crippen LogP) is 1.85. The molecule has 0 radical (unpaired) electrons. The maximum absolute atomic E-state index is 13.1. The van der Waals surface area contributed by atoms with Crippen molar-refractivity contribution < 1.29 is 14.2 Å². The zero-order valence-electron chi connectivity index (χ0n) is 8.40. The zero-order chi connectivity index (χ0) is 11.3. The van der Waals surface area contributed by atoms with Crippen molar-refractivity contribution in [2.45, 2.75) is 19.4 Å². The highest BCUT2D eigenvalue weighted by Crippen LogP contribution is 2.16. The molecule has 0 fully saturated rings. The van der Waals surface area contributed by atoms with Crippen LogP contribution < -0.4 is 4.74 Å². The van der Waals surface area contributed by atoms with E-state index in [1.165, 1.54) is 18.2 Å². The Morgan fingerprint density at radius 2 is 2.33 bits per heavy atom. The molecule has 1 rings (SSSR count). The number of ether oxygens (including phenoxy) is 1. The summed E-state index contributed by atoms with van der Waals surface area (Å²) in [6.45, 7) is 1.98. The van der Waals surface area contributed by atoms with Crippen LogP contribution in [0.3, 0.4) is 0 Å². The second kappa shape index (κ2) is 5.32. The molecule has 1 aromatic rings. The van der Waals surface area contributed by atoms with Crippen molar-refractivity contribution in [2.24, 2.45) is 0 Å². The summed E-state index contributed by atoms with van der Waals surface area (Å²) in [4.78, 5) is 0. The fourth-order valence-corrected chi connectivity index (χ4v) is 1.02. The van der Waals surface area contributed by atoms with Crippen LogP contribution in [0.15, 0.2) is 18.2 Å². The fourth-order valence-electron chi connectivity index (χ4n) is 1.02. The molecular formula is C11H12FNO2. The summed E-state index contributed by atoms with van der Waals surface area (Å²) < 4.78 is 18.3. The number of rotatable bonds is 4. The minimum Gasteiger partial charge on any atom is -0.493 e. The smallest absolute Gasteiger partial charge is 0.144 e. The van der Waals surface area contributed by atoms with Crippen molar-refractivity contribution in [3.8, 4) is 11.8 Å². The Kier molecular flexibility index (Phi) is 4.07. The number of nitrogens with zero attached hydrogens (tertiary/aromatic N) is 1. The average molecular weight is 209 g/mol. The SMILES string of the molecule is CC(O)CCOc1ccc(C#N)c(F)c1. The van der Waals surface area contributed by atoms with E-state index in [9.17, 15) is 4.39 Å². The van der Waals surface area contributed by atoms with E-state index in [2.05, 4.69) is 0 Å². The lowest BCUT2D eigenvalue weighted by molar-refractivity contribution is 0.155. The molecule has 0 aliphatic carbocycles. The number of nitriles is 1. The molecule has 1 N–H and O–H groups in total. The van der Waals surface area contributed by atoms with Gasteiger partial charge < -0.3 is 9.84 Å². The molecule has 3 nitrogen and oxygen atoms in total. The molecule has 0 saturated carbocycles. The molecule has 1 unspecified atom stereocenters. The van der Waals surface area contributed by atoms with E-state index >= 15 is 0 Å². The molecule has 1 aromatic carbocycles. The number of aliphatic hydroxyl groups is 1. The van der Waals surface area contributed by atoms with Gasteiger partial charge in [-0.1, -0.05) is 0 Å². The van der Waals surface area contributed by atoms with Crippen molar-refractivity contribution in [2.75, 3.05) is 6.61 Å². The van der Waals surface area contributed by atoms with Crippen molar-refractivity contribution in [3.63, 3.8) is 0 Å². The summed E-state index contributed by atoms with van der Waals surface area (Å²) in [5.74, 6) is -0.223. The number of hydrogen-bond donors (Lipinski definition) is 1. The summed E-state index contributed by atoms with van der Waals surface area (Å²) in [6.07, 6.45) is 0.0509. The van der Waals surface area contributed by atoms with E-state index in [1.807, 2.05) is 0 Å². The van der Waals surface area contributed by atoms with E-state index in [-0.39, 0.29) is 5.56 Å². The maximum Gasteiger partial charge on any atom is 0.144 e. The molecule has 1 atom stereocenters. The van der Waals surface area contributed by atoms with Gasteiger partial charge in [0.2, 0.25) is 0 Å². The lowest BCUT2D eigenvalue weighted by atomic mass is 10.2. The molecule has 0 aromatic heterocycles. The maximum atomic E-state index is 13.1. The predicted molar refractivity (Wildman–Crippen MR) is 52.9 cm³/mol. The summed E-state index contributed by atoms with van der Waals surface area (Å²) in [5, 5.41) is 17.5. The van der Waals surface area contributed by atoms with E-state index < -0.39 is 11.9 Å². The Bertz CT molecular complexity index is 371. The van der Waals surface area contributed by atoms with Crippen LogP contribution in [0.1, 0.15) is 18.9 Å². The van der Waals surface area contributed by atoms with E-state index in [0.29, 0.717) is 18.8 Å². The third-order valence-electron chi connectivity index (χ3n) is 1.87. The number of aliphatic hydroxyl groups excluding tert-OH is 1. The largest absolute Gasteiger partial charge is 0.493 e. The van der Waals surface area contributed by atoms with Crippen LogP contribution in [0.4, 0.5) is 4.39 Å². The van der Waals surface area contributed by atoms with Gasteiger partial charge in [-0.2, -0.15) is 5.26 Å². The third kappa shape index (κ3) is 3.56. The van der Waals surface area contributed by atoms with Gasteiger partial charge in [-0.15, -0.1) is 0 Å². The van der Waals surface area contributed by atoms with Crippen LogP contribution in [0.5, 0.6) is 5.75 Å². The number of halogens is 1. The first-order chi connectivity index (χ1) is 7.13. The molecule has 0 saturated heterocycles. The van der Waals surface area contributed by atoms with Gasteiger partial charge in [0.15, 0.2) is 0 Å². The normalized spacial score (nSPS) is 11.9. The first kappa shape index (κ1) is 11.5. The van der Waals surface area contributed by atoms with Crippen molar-refractivity contribution >= 4 is 0 Å². The molecule has 15 heavy (non-hydrogen) atoms. The van der Waals surface area contributed by atoms with Crippen LogP contribution >= 0.6 is 0 Å². The molecule has 80 valence electrons. The first-order valence-corrected chi connectivity index (χ1v) is 4.64. The van der Waals surface area contributed by atoms with E-state index in [4.69, 9.17) is 15.1 Å². The van der Waals surface area contributed by atoms with Crippen molar-refractivity contribution in [1.29, 1.82) is 5.26 Å². The highest BCUT2D eigenvalue weighted by atomic mass is 19.1. The Labute approximate surface area is 87.7 Å². The lowest BCUT2D eigenvalue weighted by Crippen LogP contribution is -2.07. The molecule has 0 bridgehead atoms. The first-order valence-electron chi connectivity index (χ1n) is 4.64. The summed E-state index contributed by atoms with van der Waals surface area (Å²) in [5.41, 5.74) is -0.00197. The molecular weight excluding hydrogens is 197 g/mol. The Hall–Kier alpha value is -1.60. The van der Waals surface area contributed by atoms with E-state index in [0.717, 1.165) is 0 Å². The molecule has 4 heteroatoms. The van der Waals surface area contributed by atoms with Crippen LogP contribution in [0, 0.1) is 17.1 Å². The van der Waals surface area contributed by atoms with Gasteiger partial charge >= 0.3 is 0 Å². The summed E-state index contributed by atoms with van der Waals surface area (Å²) >= 11 is 0. The van der Waals surface area contributed by atoms with Gasteiger partial charge in [0.25, 0.3) is 0 Å².